The van der Waals surface area contributed by atoms with Gasteiger partial charge in [-0.05, 0) is 24.6 Å². The highest BCUT2D eigenvalue weighted by Gasteiger charge is 2.31. The third kappa shape index (κ3) is 3.75. The first-order valence-corrected chi connectivity index (χ1v) is 4.16. The standard InChI is InChI=1S/C9H9F4NO/c10-8-5-7(15-9(11,12)13)2-1-6(8)3-4-14/h1-2,5H,3-4,14H2. The van der Waals surface area contributed by atoms with E-state index in [0.29, 0.717) is 6.07 Å². The topological polar surface area (TPSA) is 35.2 Å². The molecule has 0 aromatic heterocycles. The summed E-state index contributed by atoms with van der Waals surface area (Å²) in [5.41, 5.74) is 5.46. The fourth-order valence-corrected chi connectivity index (χ4v) is 1.08. The second kappa shape index (κ2) is 4.48. The van der Waals surface area contributed by atoms with E-state index in [-0.39, 0.29) is 18.5 Å². The van der Waals surface area contributed by atoms with Crippen molar-refractivity contribution < 1.29 is 22.3 Å². The lowest BCUT2D eigenvalue weighted by Crippen LogP contribution is -2.17. The van der Waals surface area contributed by atoms with E-state index in [1.807, 2.05) is 0 Å². The first kappa shape index (κ1) is 11.8. The van der Waals surface area contributed by atoms with Gasteiger partial charge in [-0.15, -0.1) is 13.2 Å². The minimum absolute atomic E-state index is 0.233. The van der Waals surface area contributed by atoms with E-state index in [1.165, 1.54) is 6.07 Å². The first-order valence-electron chi connectivity index (χ1n) is 4.16. The molecule has 15 heavy (non-hydrogen) atoms. The molecule has 0 fully saturated rings. The average Bonchev–Trinajstić information content (AvgIpc) is 2.07. The fourth-order valence-electron chi connectivity index (χ4n) is 1.08. The number of benzene rings is 1. The molecular formula is C9H9F4NO. The number of nitrogens with two attached hydrogens (primary N) is 1. The molecule has 0 aliphatic heterocycles. The molecule has 0 unspecified atom stereocenters. The summed E-state index contributed by atoms with van der Waals surface area (Å²) >= 11 is 0. The van der Waals surface area contributed by atoms with Crippen LogP contribution in [0.15, 0.2) is 18.2 Å². The van der Waals surface area contributed by atoms with E-state index in [4.69, 9.17) is 5.73 Å². The summed E-state index contributed by atoms with van der Waals surface area (Å²) < 4.78 is 51.9. The number of ether oxygens (including phenoxy) is 1. The van der Waals surface area contributed by atoms with Crippen molar-refractivity contribution in [2.24, 2.45) is 5.73 Å². The summed E-state index contributed by atoms with van der Waals surface area (Å²) in [5.74, 6) is -1.32. The predicted molar refractivity (Wildman–Crippen MR) is 45.8 cm³/mol. The molecule has 0 heterocycles. The smallest absolute Gasteiger partial charge is 0.406 e. The van der Waals surface area contributed by atoms with Crippen LogP contribution in [0.4, 0.5) is 17.6 Å². The Balaban J connectivity index is 2.82. The van der Waals surface area contributed by atoms with Gasteiger partial charge in [0, 0.05) is 6.07 Å². The molecule has 0 amide bonds. The highest BCUT2D eigenvalue weighted by Crippen LogP contribution is 2.24. The van der Waals surface area contributed by atoms with Gasteiger partial charge in [0.25, 0.3) is 0 Å². The third-order valence-corrected chi connectivity index (χ3v) is 1.67. The fraction of sp³-hybridized carbons (Fsp3) is 0.333. The molecule has 0 aliphatic carbocycles. The van der Waals surface area contributed by atoms with Crippen LogP contribution in [-0.2, 0) is 6.42 Å². The minimum Gasteiger partial charge on any atom is -0.406 e. The molecule has 1 aromatic carbocycles. The van der Waals surface area contributed by atoms with Gasteiger partial charge in [0.2, 0.25) is 0 Å². The lowest BCUT2D eigenvalue weighted by Gasteiger charge is -2.09. The van der Waals surface area contributed by atoms with Crippen LogP contribution in [-0.4, -0.2) is 12.9 Å². The van der Waals surface area contributed by atoms with Crippen LogP contribution in [0.1, 0.15) is 5.56 Å². The van der Waals surface area contributed by atoms with Crippen molar-refractivity contribution in [2.75, 3.05) is 6.54 Å². The SMILES string of the molecule is NCCc1ccc(OC(F)(F)F)cc1F. The van der Waals surface area contributed by atoms with Crippen LogP contribution in [0, 0.1) is 5.82 Å². The van der Waals surface area contributed by atoms with Crippen molar-refractivity contribution in [3.8, 4) is 5.75 Å². The van der Waals surface area contributed by atoms with Crippen LogP contribution >= 0.6 is 0 Å². The Morgan fingerprint density at radius 3 is 2.40 bits per heavy atom. The second-order valence-electron chi connectivity index (χ2n) is 2.84. The van der Waals surface area contributed by atoms with E-state index in [1.54, 1.807) is 0 Å². The zero-order valence-corrected chi connectivity index (χ0v) is 7.64. The Kier molecular flexibility index (Phi) is 3.52. The maximum Gasteiger partial charge on any atom is 0.573 e. The molecule has 0 saturated heterocycles. The van der Waals surface area contributed by atoms with Crippen molar-refractivity contribution in [3.05, 3.63) is 29.6 Å². The molecule has 84 valence electrons. The van der Waals surface area contributed by atoms with Gasteiger partial charge in [0.15, 0.2) is 0 Å². The van der Waals surface area contributed by atoms with Gasteiger partial charge in [0.1, 0.15) is 11.6 Å². The van der Waals surface area contributed by atoms with Crippen molar-refractivity contribution in [2.45, 2.75) is 12.8 Å². The van der Waals surface area contributed by atoms with E-state index >= 15 is 0 Å². The van der Waals surface area contributed by atoms with Crippen molar-refractivity contribution >= 4 is 0 Å². The van der Waals surface area contributed by atoms with Crippen molar-refractivity contribution in [1.82, 2.24) is 0 Å². The molecule has 0 atom stereocenters. The lowest BCUT2D eigenvalue weighted by atomic mass is 10.1. The van der Waals surface area contributed by atoms with Gasteiger partial charge in [0.05, 0.1) is 0 Å². The Morgan fingerprint density at radius 2 is 1.93 bits per heavy atom. The molecular weight excluding hydrogens is 214 g/mol. The number of rotatable bonds is 3. The summed E-state index contributed by atoms with van der Waals surface area (Å²) in [5, 5.41) is 0. The summed E-state index contributed by atoms with van der Waals surface area (Å²) in [4.78, 5) is 0. The Bertz CT molecular complexity index is 337. The van der Waals surface area contributed by atoms with Crippen LogP contribution in [0.2, 0.25) is 0 Å². The summed E-state index contributed by atoms with van der Waals surface area (Å²) in [6.45, 7) is 0.233. The monoisotopic (exact) mass is 223 g/mol. The predicted octanol–water partition coefficient (Wildman–Crippen LogP) is 2.23. The quantitative estimate of drug-likeness (QED) is 0.797. The summed E-state index contributed by atoms with van der Waals surface area (Å²) in [6.07, 6.45) is -4.53. The van der Waals surface area contributed by atoms with Gasteiger partial charge in [-0.1, -0.05) is 6.07 Å². The third-order valence-electron chi connectivity index (χ3n) is 1.67. The number of hydrogen-bond donors (Lipinski definition) is 1. The normalized spacial score (nSPS) is 11.5. The molecule has 1 rings (SSSR count). The molecule has 2 nitrogen and oxygen atoms in total. The van der Waals surface area contributed by atoms with Crippen molar-refractivity contribution in [3.63, 3.8) is 0 Å². The maximum absolute atomic E-state index is 13.1. The molecule has 0 aliphatic rings. The van der Waals surface area contributed by atoms with Gasteiger partial charge < -0.3 is 10.5 Å². The zero-order valence-electron chi connectivity index (χ0n) is 7.64. The molecule has 6 heteroatoms. The van der Waals surface area contributed by atoms with E-state index in [9.17, 15) is 17.6 Å². The van der Waals surface area contributed by atoms with Crippen molar-refractivity contribution in [1.29, 1.82) is 0 Å². The Morgan fingerprint density at radius 1 is 1.27 bits per heavy atom. The molecule has 2 N–H and O–H groups in total. The van der Waals surface area contributed by atoms with Crippen LogP contribution in [0.25, 0.3) is 0 Å². The lowest BCUT2D eigenvalue weighted by molar-refractivity contribution is -0.274. The van der Waals surface area contributed by atoms with Crippen LogP contribution in [0.3, 0.4) is 0 Å². The second-order valence-corrected chi connectivity index (χ2v) is 2.84. The largest absolute Gasteiger partial charge is 0.573 e. The summed E-state index contributed by atoms with van der Waals surface area (Å²) in [6, 6.07) is 2.98. The van der Waals surface area contributed by atoms with E-state index in [0.717, 1.165) is 6.07 Å². The van der Waals surface area contributed by atoms with Gasteiger partial charge in [-0.3, -0.25) is 0 Å². The van der Waals surface area contributed by atoms with Crippen LogP contribution in [0.5, 0.6) is 5.75 Å². The van der Waals surface area contributed by atoms with Crippen LogP contribution < -0.4 is 10.5 Å². The molecule has 0 saturated carbocycles. The molecule has 0 spiro atoms. The van der Waals surface area contributed by atoms with E-state index < -0.39 is 17.9 Å². The maximum atomic E-state index is 13.1. The number of hydrogen-bond acceptors (Lipinski definition) is 2. The molecule has 0 radical (unpaired) electrons. The number of halogens is 4. The number of alkyl halides is 3. The summed E-state index contributed by atoms with van der Waals surface area (Å²) in [7, 11) is 0. The van der Waals surface area contributed by atoms with Gasteiger partial charge >= 0.3 is 6.36 Å². The average molecular weight is 223 g/mol. The molecule has 1 aromatic rings. The molecule has 0 bridgehead atoms. The first-order chi connectivity index (χ1) is 6.92. The van der Waals surface area contributed by atoms with E-state index in [2.05, 4.69) is 4.74 Å². The highest BCUT2D eigenvalue weighted by molar-refractivity contribution is 5.29. The van der Waals surface area contributed by atoms with Gasteiger partial charge in [-0.25, -0.2) is 4.39 Å². The highest BCUT2D eigenvalue weighted by atomic mass is 19.4. The zero-order chi connectivity index (χ0) is 11.5. The Hall–Kier alpha value is -1.30. The minimum atomic E-state index is -4.80. The van der Waals surface area contributed by atoms with Gasteiger partial charge in [-0.2, -0.15) is 0 Å². The Labute approximate surface area is 83.6 Å².